The molecule has 0 aromatic heterocycles. The molecule has 1 aliphatic rings. The first-order valence-electron chi connectivity index (χ1n) is 8.70. The Bertz CT molecular complexity index is 717. The summed E-state index contributed by atoms with van der Waals surface area (Å²) in [6.45, 7) is 5.33. The Morgan fingerprint density at radius 1 is 1.08 bits per heavy atom. The highest BCUT2D eigenvalue weighted by Gasteiger charge is 2.16. The lowest BCUT2D eigenvalue weighted by atomic mass is 10.1. The third kappa shape index (κ3) is 4.48. The molecule has 0 unspecified atom stereocenters. The van der Waals surface area contributed by atoms with E-state index in [1.165, 1.54) is 0 Å². The van der Waals surface area contributed by atoms with Crippen molar-refractivity contribution in [1.82, 2.24) is 4.90 Å². The number of carbonyl (C=O) groups excluding carboxylic acids is 1. The molecule has 1 heterocycles. The molecule has 0 saturated heterocycles. The molecule has 1 amide bonds. The number of nitrogens with zero attached hydrogens (tertiary/aromatic N) is 2. The zero-order valence-electron chi connectivity index (χ0n) is 14.9. The molecule has 130 valence electrons. The third-order valence-corrected chi connectivity index (χ3v) is 4.65. The van der Waals surface area contributed by atoms with Crippen LogP contribution in [0.3, 0.4) is 0 Å². The summed E-state index contributed by atoms with van der Waals surface area (Å²) in [6.07, 6.45) is 4.43. The maximum Gasteiger partial charge on any atom is 0.255 e. The van der Waals surface area contributed by atoms with Gasteiger partial charge in [-0.15, -0.1) is 0 Å². The number of benzene rings is 2. The van der Waals surface area contributed by atoms with Gasteiger partial charge in [0.25, 0.3) is 5.91 Å². The Balaban J connectivity index is 1.60. The maximum atomic E-state index is 12.3. The summed E-state index contributed by atoms with van der Waals surface area (Å²) in [7, 11) is 2.10. The van der Waals surface area contributed by atoms with Gasteiger partial charge in [-0.05, 0) is 43.3 Å². The van der Waals surface area contributed by atoms with Crippen molar-refractivity contribution in [3.63, 3.8) is 0 Å². The minimum absolute atomic E-state index is 0.0865. The normalized spacial score (nSPS) is 15.1. The number of para-hydroxylation sites is 1. The Kier molecular flexibility index (Phi) is 5.51. The molecule has 2 aromatic rings. The van der Waals surface area contributed by atoms with E-state index < -0.39 is 0 Å². The zero-order valence-corrected chi connectivity index (χ0v) is 14.9. The summed E-state index contributed by atoms with van der Waals surface area (Å²) in [6, 6.07) is 17.7. The van der Waals surface area contributed by atoms with Crippen LogP contribution in [0.5, 0.6) is 0 Å². The predicted molar refractivity (Wildman–Crippen MR) is 104 cm³/mol. The summed E-state index contributed by atoms with van der Waals surface area (Å²) in [5, 5.41) is 2.91. The van der Waals surface area contributed by atoms with Crippen LogP contribution in [0, 0.1) is 0 Å². The Morgan fingerprint density at radius 2 is 1.72 bits per heavy atom. The van der Waals surface area contributed by atoms with Gasteiger partial charge in [0.2, 0.25) is 0 Å². The van der Waals surface area contributed by atoms with E-state index in [1.807, 2.05) is 54.6 Å². The Hall–Kier alpha value is -2.59. The third-order valence-electron chi connectivity index (χ3n) is 4.65. The Morgan fingerprint density at radius 3 is 2.36 bits per heavy atom. The van der Waals surface area contributed by atoms with Gasteiger partial charge in [0, 0.05) is 49.7 Å². The molecule has 1 aliphatic heterocycles. The van der Waals surface area contributed by atoms with E-state index >= 15 is 0 Å². The van der Waals surface area contributed by atoms with Crippen LogP contribution in [0.2, 0.25) is 0 Å². The maximum absolute atomic E-state index is 12.3. The zero-order chi connectivity index (χ0) is 17.6. The fourth-order valence-corrected chi connectivity index (χ4v) is 2.99. The van der Waals surface area contributed by atoms with Crippen LogP contribution >= 0.6 is 0 Å². The number of rotatable bonds is 6. The van der Waals surface area contributed by atoms with Crippen molar-refractivity contribution in [1.29, 1.82) is 0 Å². The number of likely N-dealkylation sites (N-methyl/N-ethyl adjacent to an activating group) is 1. The summed E-state index contributed by atoms with van der Waals surface area (Å²) in [4.78, 5) is 17.0. The molecule has 2 aromatic carbocycles. The van der Waals surface area contributed by atoms with E-state index in [0.717, 1.165) is 31.0 Å². The van der Waals surface area contributed by atoms with E-state index in [9.17, 15) is 4.79 Å². The lowest BCUT2D eigenvalue weighted by molar-refractivity contribution is 0.102. The summed E-state index contributed by atoms with van der Waals surface area (Å²) in [5.41, 5.74) is 2.59. The molecular weight excluding hydrogens is 310 g/mol. The lowest BCUT2D eigenvalue weighted by Gasteiger charge is -2.30. The first kappa shape index (κ1) is 17.2. The van der Waals surface area contributed by atoms with Crippen LogP contribution in [0.25, 0.3) is 0 Å². The first-order valence-corrected chi connectivity index (χ1v) is 8.70. The number of nitrogens with one attached hydrogen (secondary N) is 1. The summed E-state index contributed by atoms with van der Waals surface area (Å²) >= 11 is 0. The molecule has 0 saturated carbocycles. The van der Waals surface area contributed by atoms with Gasteiger partial charge >= 0.3 is 0 Å². The molecule has 0 spiro atoms. The minimum Gasteiger partial charge on any atom is -0.371 e. The molecule has 25 heavy (non-hydrogen) atoms. The highest BCUT2D eigenvalue weighted by molar-refractivity contribution is 6.04. The summed E-state index contributed by atoms with van der Waals surface area (Å²) < 4.78 is 0. The van der Waals surface area contributed by atoms with Crippen molar-refractivity contribution >= 4 is 17.3 Å². The largest absolute Gasteiger partial charge is 0.371 e. The predicted octanol–water partition coefficient (Wildman–Crippen LogP) is 3.64. The van der Waals surface area contributed by atoms with E-state index in [0.29, 0.717) is 11.6 Å². The van der Waals surface area contributed by atoms with Gasteiger partial charge in [0.05, 0.1) is 0 Å². The van der Waals surface area contributed by atoms with Crippen molar-refractivity contribution in [2.45, 2.75) is 13.0 Å². The smallest absolute Gasteiger partial charge is 0.255 e. The Labute approximate surface area is 149 Å². The standard InChI is InChI=1S/C21H25N3O/c1-17(16-24-14-6-7-15-24)23(2)20-12-10-18(11-13-20)21(25)22-19-8-4-3-5-9-19/h3-13,17H,14-16H2,1-2H3,(H,22,25)/t17-/m0/s1. The second-order valence-electron chi connectivity index (χ2n) is 6.52. The van der Waals surface area contributed by atoms with Crippen molar-refractivity contribution in [3.05, 3.63) is 72.3 Å². The highest BCUT2D eigenvalue weighted by atomic mass is 16.1. The molecule has 0 aliphatic carbocycles. The molecule has 4 heteroatoms. The number of anilines is 2. The fraction of sp³-hybridized carbons (Fsp3) is 0.286. The molecule has 0 fully saturated rings. The molecule has 0 radical (unpaired) electrons. The van der Waals surface area contributed by atoms with E-state index in [2.05, 4.69) is 41.2 Å². The average molecular weight is 335 g/mol. The SMILES string of the molecule is C[C@@H](CN1CC=CC1)N(C)c1ccc(C(=O)Nc2ccccc2)cc1. The van der Waals surface area contributed by atoms with E-state index in [4.69, 9.17) is 0 Å². The van der Waals surface area contributed by atoms with Crippen LogP contribution in [0.4, 0.5) is 11.4 Å². The van der Waals surface area contributed by atoms with E-state index in [-0.39, 0.29) is 5.91 Å². The van der Waals surface area contributed by atoms with Crippen LogP contribution in [-0.4, -0.2) is 43.5 Å². The van der Waals surface area contributed by atoms with Crippen LogP contribution < -0.4 is 10.2 Å². The highest BCUT2D eigenvalue weighted by Crippen LogP contribution is 2.18. The monoisotopic (exact) mass is 335 g/mol. The van der Waals surface area contributed by atoms with Crippen LogP contribution in [-0.2, 0) is 0 Å². The molecule has 1 N–H and O–H groups in total. The fourth-order valence-electron chi connectivity index (χ4n) is 2.99. The average Bonchev–Trinajstić information content (AvgIpc) is 3.15. The van der Waals surface area contributed by atoms with Crippen LogP contribution in [0.1, 0.15) is 17.3 Å². The van der Waals surface area contributed by atoms with Gasteiger partial charge in [-0.25, -0.2) is 0 Å². The van der Waals surface area contributed by atoms with Crippen LogP contribution in [0.15, 0.2) is 66.7 Å². The van der Waals surface area contributed by atoms with Gasteiger partial charge in [-0.3, -0.25) is 9.69 Å². The van der Waals surface area contributed by atoms with Gasteiger partial charge in [-0.1, -0.05) is 30.4 Å². The van der Waals surface area contributed by atoms with Gasteiger partial charge in [-0.2, -0.15) is 0 Å². The van der Waals surface area contributed by atoms with Gasteiger partial charge in [0.15, 0.2) is 0 Å². The quantitative estimate of drug-likeness (QED) is 0.819. The molecule has 1 atom stereocenters. The van der Waals surface area contributed by atoms with Crippen molar-refractivity contribution < 1.29 is 4.79 Å². The number of amides is 1. The van der Waals surface area contributed by atoms with Crippen molar-refractivity contribution in [2.24, 2.45) is 0 Å². The number of carbonyl (C=O) groups is 1. The second-order valence-corrected chi connectivity index (χ2v) is 6.52. The molecular formula is C21H25N3O. The number of hydrogen-bond acceptors (Lipinski definition) is 3. The minimum atomic E-state index is -0.0865. The second kappa shape index (κ2) is 7.99. The molecule has 3 rings (SSSR count). The van der Waals surface area contributed by atoms with Crippen molar-refractivity contribution in [2.75, 3.05) is 36.9 Å². The molecule has 4 nitrogen and oxygen atoms in total. The summed E-state index contributed by atoms with van der Waals surface area (Å²) in [5.74, 6) is -0.0865. The topological polar surface area (TPSA) is 35.6 Å². The van der Waals surface area contributed by atoms with E-state index in [1.54, 1.807) is 0 Å². The first-order chi connectivity index (χ1) is 12.1. The lowest BCUT2D eigenvalue weighted by Crippen LogP contribution is -2.39. The van der Waals surface area contributed by atoms with Crippen molar-refractivity contribution in [3.8, 4) is 0 Å². The van der Waals surface area contributed by atoms with Gasteiger partial charge < -0.3 is 10.2 Å². The number of hydrogen-bond donors (Lipinski definition) is 1. The van der Waals surface area contributed by atoms with Gasteiger partial charge in [0.1, 0.15) is 0 Å². The molecule has 0 bridgehead atoms.